The maximum Gasteiger partial charge on any atom is 0.350 e. The van der Waals surface area contributed by atoms with Crippen LogP contribution in [0.15, 0.2) is 27.2 Å². The topological polar surface area (TPSA) is 99.4 Å². The lowest BCUT2D eigenvalue weighted by Gasteiger charge is -2.08. The maximum atomic E-state index is 12.2. The van der Waals surface area contributed by atoms with E-state index in [9.17, 15) is 19.2 Å². The van der Waals surface area contributed by atoms with Gasteiger partial charge in [0.2, 0.25) is 0 Å². The molecule has 0 saturated heterocycles. The lowest BCUT2D eigenvalue weighted by atomic mass is 10.3. The highest BCUT2D eigenvalue weighted by Crippen LogP contribution is 2.23. The first-order valence-corrected chi connectivity index (χ1v) is 6.98. The molecule has 0 fully saturated rings. The second kappa shape index (κ2) is 5.98. The predicted octanol–water partition coefficient (Wildman–Crippen LogP) is 0.184. The zero-order valence-electron chi connectivity index (χ0n) is 12.1. The Bertz CT molecular complexity index is 861. The highest BCUT2D eigenvalue weighted by molar-refractivity contribution is 7.12. The molecule has 0 aliphatic heterocycles. The molecule has 8 nitrogen and oxygen atoms in total. The van der Waals surface area contributed by atoms with E-state index in [2.05, 4.69) is 10.1 Å². The summed E-state index contributed by atoms with van der Waals surface area (Å²) in [6.45, 7) is 0. The van der Waals surface area contributed by atoms with Gasteiger partial charge in [-0.2, -0.15) is 0 Å². The minimum atomic E-state index is -0.713. The summed E-state index contributed by atoms with van der Waals surface area (Å²) in [6.07, 6.45) is 1.16. The average molecular weight is 323 g/mol. The Hall–Kier alpha value is -2.68. The van der Waals surface area contributed by atoms with Crippen molar-refractivity contribution in [2.45, 2.75) is 0 Å². The van der Waals surface area contributed by atoms with Crippen molar-refractivity contribution in [1.29, 1.82) is 0 Å². The van der Waals surface area contributed by atoms with Gasteiger partial charge in [0.15, 0.2) is 0 Å². The highest BCUT2D eigenvalue weighted by atomic mass is 32.1. The third-order valence-electron chi connectivity index (χ3n) is 2.98. The number of nitrogens with one attached hydrogen (secondary N) is 1. The van der Waals surface area contributed by atoms with Crippen LogP contribution < -0.4 is 16.6 Å². The fourth-order valence-corrected chi connectivity index (χ4v) is 2.58. The summed E-state index contributed by atoms with van der Waals surface area (Å²) in [5, 5.41) is 4.09. The van der Waals surface area contributed by atoms with E-state index in [1.807, 2.05) is 0 Å². The van der Waals surface area contributed by atoms with Crippen LogP contribution in [0, 0.1) is 0 Å². The van der Waals surface area contributed by atoms with E-state index >= 15 is 0 Å². The highest BCUT2D eigenvalue weighted by Gasteiger charge is 2.19. The fourth-order valence-electron chi connectivity index (χ4n) is 1.81. The number of methoxy groups -OCH3 is 1. The number of hydrogen-bond donors (Lipinski definition) is 1. The maximum absolute atomic E-state index is 12.2. The SMILES string of the molecule is COC(=O)c1sccc1NC(=O)c1cn(C)c(=O)n(C)c1=O. The summed E-state index contributed by atoms with van der Waals surface area (Å²) >= 11 is 1.10. The summed E-state index contributed by atoms with van der Waals surface area (Å²) in [7, 11) is 3.95. The number of hydrogen-bond acceptors (Lipinski definition) is 6. The van der Waals surface area contributed by atoms with Crippen molar-refractivity contribution < 1.29 is 14.3 Å². The summed E-state index contributed by atoms with van der Waals surface area (Å²) in [5.74, 6) is -1.29. The number of anilines is 1. The van der Waals surface area contributed by atoms with Gasteiger partial charge in [-0.15, -0.1) is 11.3 Å². The molecule has 22 heavy (non-hydrogen) atoms. The van der Waals surface area contributed by atoms with Crippen molar-refractivity contribution >= 4 is 28.9 Å². The van der Waals surface area contributed by atoms with Crippen LogP contribution in [-0.2, 0) is 18.8 Å². The van der Waals surface area contributed by atoms with E-state index in [0.29, 0.717) is 0 Å². The van der Waals surface area contributed by atoms with Gasteiger partial charge in [0, 0.05) is 20.3 Å². The van der Waals surface area contributed by atoms with Crippen LogP contribution in [0.25, 0.3) is 0 Å². The van der Waals surface area contributed by atoms with Gasteiger partial charge in [-0.05, 0) is 11.4 Å². The van der Waals surface area contributed by atoms with Crippen LogP contribution in [0.3, 0.4) is 0 Å². The smallest absolute Gasteiger partial charge is 0.350 e. The van der Waals surface area contributed by atoms with E-state index in [-0.39, 0.29) is 16.1 Å². The van der Waals surface area contributed by atoms with Crippen molar-refractivity contribution in [2.75, 3.05) is 12.4 Å². The number of esters is 1. The minimum absolute atomic E-state index is 0.202. The van der Waals surface area contributed by atoms with Gasteiger partial charge in [0.1, 0.15) is 10.4 Å². The van der Waals surface area contributed by atoms with Crippen molar-refractivity contribution in [2.24, 2.45) is 14.1 Å². The minimum Gasteiger partial charge on any atom is -0.465 e. The lowest BCUT2D eigenvalue weighted by molar-refractivity contribution is 0.0607. The molecule has 0 atom stereocenters. The largest absolute Gasteiger partial charge is 0.465 e. The number of rotatable bonds is 3. The van der Waals surface area contributed by atoms with Crippen molar-refractivity contribution in [3.63, 3.8) is 0 Å². The standard InChI is InChI=1S/C13H13N3O5S/c1-15-6-7(11(18)16(2)13(15)20)10(17)14-8-4-5-22-9(8)12(19)21-3/h4-6H,1-3H3,(H,14,17). The van der Waals surface area contributed by atoms with Gasteiger partial charge in [-0.25, -0.2) is 9.59 Å². The second-order valence-corrected chi connectivity index (χ2v) is 5.33. The van der Waals surface area contributed by atoms with E-state index in [1.165, 1.54) is 27.3 Å². The second-order valence-electron chi connectivity index (χ2n) is 4.41. The third-order valence-corrected chi connectivity index (χ3v) is 3.87. The molecule has 0 aliphatic rings. The van der Waals surface area contributed by atoms with Crippen molar-refractivity contribution in [1.82, 2.24) is 9.13 Å². The number of amides is 1. The van der Waals surface area contributed by atoms with Crippen LogP contribution in [0.4, 0.5) is 5.69 Å². The first-order chi connectivity index (χ1) is 10.4. The molecular formula is C13H13N3O5S. The van der Waals surface area contributed by atoms with E-state index < -0.39 is 23.1 Å². The predicted molar refractivity (Wildman–Crippen MR) is 80.5 cm³/mol. The van der Waals surface area contributed by atoms with Crippen molar-refractivity contribution in [3.05, 3.63) is 48.9 Å². The summed E-state index contributed by atoms with van der Waals surface area (Å²) in [6, 6.07) is 1.53. The first kappa shape index (κ1) is 15.7. The van der Waals surface area contributed by atoms with Crippen LogP contribution in [0.1, 0.15) is 20.0 Å². The van der Waals surface area contributed by atoms with Gasteiger partial charge in [-0.3, -0.25) is 14.2 Å². The van der Waals surface area contributed by atoms with Gasteiger partial charge in [0.25, 0.3) is 11.5 Å². The van der Waals surface area contributed by atoms with Gasteiger partial charge < -0.3 is 14.6 Å². The molecular weight excluding hydrogens is 310 g/mol. The Morgan fingerprint density at radius 2 is 1.95 bits per heavy atom. The molecule has 116 valence electrons. The van der Waals surface area contributed by atoms with Crippen LogP contribution in [-0.4, -0.2) is 28.1 Å². The van der Waals surface area contributed by atoms with Crippen molar-refractivity contribution in [3.8, 4) is 0 Å². The number of aromatic nitrogens is 2. The first-order valence-electron chi connectivity index (χ1n) is 6.10. The van der Waals surface area contributed by atoms with E-state index in [1.54, 1.807) is 5.38 Å². The number of carbonyl (C=O) groups excluding carboxylic acids is 2. The summed E-state index contributed by atoms with van der Waals surface area (Å²) in [5.41, 5.74) is -1.20. The normalized spacial score (nSPS) is 10.3. The Morgan fingerprint density at radius 1 is 1.27 bits per heavy atom. The zero-order chi connectivity index (χ0) is 16.4. The average Bonchev–Trinajstić information content (AvgIpc) is 2.95. The van der Waals surface area contributed by atoms with Crippen LogP contribution in [0.2, 0.25) is 0 Å². The van der Waals surface area contributed by atoms with Gasteiger partial charge in [-0.1, -0.05) is 0 Å². The molecule has 0 aliphatic carbocycles. The Morgan fingerprint density at radius 3 is 2.59 bits per heavy atom. The molecule has 0 aromatic carbocycles. The quantitative estimate of drug-likeness (QED) is 0.813. The monoisotopic (exact) mass is 323 g/mol. The third kappa shape index (κ3) is 2.70. The Kier molecular flexibility index (Phi) is 4.27. The molecule has 0 spiro atoms. The summed E-state index contributed by atoms with van der Waals surface area (Å²) < 4.78 is 6.58. The number of ether oxygens (including phenoxy) is 1. The Labute approximate surface area is 128 Å². The molecule has 0 bridgehead atoms. The van der Waals surface area contributed by atoms with E-state index in [0.717, 1.165) is 26.7 Å². The molecule has 1 N–H and O–H groups in total. The molecule has 0 radical (unpaired) electrons. The molecule has 2 aromatic rings. The lowest BCUT2D eigenvalue weighted by Crippen LogP contribution is -2.40. The molecule has 1 amide bonds. The summed E-state index contributed by atoms with van der Waals surface area (Å²) in [4.78, 5) is 47.6. The van der Waals surface area contributed by atoms with Gasteiger partial charge >= 0.3 is 11.7 Å². The number of aryl methyl sites for hydroxylation is 1. The fraction of sp³-hybridized carbons (Fsp3) is 0.231. The molecule has 2 heterocycles. The van der Waals surface area contributed by atoms with Crippen LogP contribution in [0.5, 0.6) is 0 Å². The number of carbonyl (C=O) groups is 2. The Balaban J connectivity index is 2.40. The van der Waals surface area contributed by atoms with E-state index in [4.69, 9.17) is 0 Å². The number of nitrogens with zero attached hydrogens (tertiary/aromatic N) is 2. The molecule has 9 heteroatoms. The van der Waals surface area contributed by atoms with Gasteiger partial charge in [0.05, 0.1) is 12.8 Å². The molecule has 0 saturated carbocycles. The number of thiophene rings is 1. The molecule has 2 aromatic heterocycles. The zero-order valence-corrected chi connectivity index (χ0v) is 12.9. The van der Waals surface area contributed by atoms with Crippen LogP contribution >= 0.6 is 11.3 Å². The molecule has 2 rings (SSSR count). The molecule has 0 unspecified atom stereocenters.